The zero-order valence-electron chi connectivity index (χ0n) is 7.91. The first kappa shape index (κ1) is 10.9. The molecule has 0 bridgehead atoms. The van der Waals surface area contributed by atoms with Crippen molar-refractivity contribution in [1.82, 2.24) is 0 Å². The minimum absolute atomic E-state index is 0.279. The van der Waals surface area contributed by atoms with Crippen molar-refractivity contribution in [2.75, 3.05) is 19.8 Å². The lowest BCUT2D eigenvalue weighted by atomic mass is 10.3. The van der Waals surface area contributed by atoms with Gasteiger partial charge in [-0.05, 0) is 28.1 Å². The highest BCUT2D eigenvalue weighted by atomic mass is 79.9. The van der Waals surface area contributed by atoms with Crippen LogP contribution in [-0.4, -0.2) is 26.1 Å². The molecular formula is C10H10BrFO3. The average Bonchev–Trinajstić information content (AvgIpc) is 2.73. The molecule has 0 atom stereocenters. The second kappa shape index (κ2) is 4.92. The van der Waals surface area contributed by atoms with Crippen LogP contribution in [0.4, 0.5) is 4.39 Å². The Bertz CT molecular complexity index is 339. The standard InChI is InChI=1S/C10H10BrFO3/c11-8-2-1-7(5-9(8)12)15-6-10-13-3-4-14-10/h1-2,5,10H,3-4,6H2. The van der Waals surface area contributed by atoms with E-state index in [-0.39, 0.29) is 18.7 Å². The van der Waals surface area contributed by atoms with Gasteiger partial charge in [-0.25, -0.2) is 4.39 Å². The Morgan fingerprint density at radius 3 is 2.80 bits per heavy atom. The second-order valence-electron chi connectivity index (χ2n) is 3.06. The van der Waals surface area contributed by atoms with Crippen molar-refractivity contribution in [2.24, 2.45) is 0 Å². The summed E-state index contributed by atoms with van der Waals surface area (Å²) in [6.45, 7) is 1.45. The Labute approximate surface area is 95.3 Å². The normalized spacial score (nSPS) is 16.9. The van der Waals surface area contributed by atoms with E-state index in [1.807, 2.05) is 0 Å². The average molecular weight is 277 g/mol. The molecule has 1 saturated heterocycles. The highest BCUT2D eigenvalue weighted by molar-refractivity contribution is 9.10. The van der Waals surface area contributed by atoms with Crippen molar-refractivity contribution in [2.45, 2.75) is 6.29 Å². The summed E-state index contributed by atoms with van der Waals surface area (Å²) < 4.78 is 29.2. The Morgan fingerprint density at radius 2 is 2.13 bits per heavy atom. The van der Waals surface area contributed by atoms with Crippen molar-refractivity contribution in [3.63, 3.8) is 0 Å². The van der Waals surface area contributed by atoms with E-state index in [9.17, 15) is 4.39 Å². The number of halogens is 2. The molecule has 0 radical (unpaired) electrons. The van der Waals surface area contributed by atoms with Crippen LogP contribution in [0, 0.1) is 5.82 Å². The molecule has 0 aromatic heterocycles. The minimum atomic E-state index is -0.347. The maximum atomic E-state index is 13.1. The fraction of sp³-hybridized carbons (Fsp3) is 0.400. The molecule has 1 aliphatic heterocycles. The molecule has 15 heavy (non-hydrogen) atoms. The van der Waals surface area contributed by atoms with Gasteiger partial charge in [0, 0.05) is 6.07 Å². The predicted molar refractivity (Wildman–Crippen MR) is 55.3 cm³/mol. The maximum Gasteiger partial charge on any atom is 0.191 e. The number of ether oxygens (including phenoxy) is 3. The number of hydrogen-bond donors (Lipinski definition) is 0. The molecule has 1 aromatic rings. The topological polar surface area (TPSA) is 27.7 Å². The van der Waals surface area contributed by atoms with E-state index in [0.29, 0.717) is 23.4 Å². The molecule has 1 fully saturated rings. The SMILES string of the molecule is Fc1cc(OCC2OCCO2)ccc1Br. The molecule has 2 rings (SSSR count). The van der Waals surface area contributed by atoms with Crippen LogP contribution in [0.15, 0.2) is 22.7 Å². The molecule has 5 heteroatoms. The summed E-state index contributed by atoms with van der Waals surface area (Å²) in [6, 6.07) is 4.60. The predicted octanol–water partition coefficient (Wildman–Crippen LogP) is 2.34. The number of rotatable bonds is 3. The first-order valence-corrected chi connectivity index (χ1v) is 5.36. The van der Waals surface area contributed by atoms with Gasteiger partial charge in [-0.3, -0.25) is 0 Å². The van der Waals surface area contributed by atoms with Gasteiger partial charge in [0.05, 0.1) is 17.7 Å². The third-order valence-corrected chi connectivity index (χ3v) is 2.61. The molecule has 0 N–H and O–H groups in total. The molecule has 1 heterocycles. The van der Waals surface area contributed by atoms with Gasteiger partial charge < -0.3 is 14.2 Å². The first-order chi connectivity index (χ1) is 7.25. The molecule has 0 spiro atoms. The van der Waals surface area contributed by atoms with E-state index in [2.05, 4.69) is 15.9 Å². The van der Waals surface area contributed by atoms with Gasteiger partial charge >= 0.3 is 0 Å². The van der Waals surface area contributed by atoms with Gasteiger partial charge in [0.25, 0.3) is 0 Å². The Morgan fingerprint density at radius 1 is 1.40 bits per heavy atom. The summed E-state index contributed by atoms with van der Waals surface area (Å²) in [5.41, 5.74) is 0. The van der Waals surface area contributed by atoms with Crippen LogP contribution in [0.25, 0.3) is 0 Å². The molecule has 0 saturated carbocycles. The van der Waals surface area contributed by atoms with Crippen molar-refractivity contribution in [1.29, 1.82) is 0 Å². The Balaban J connectivity index is 1.90. The summed E-state index contributed by atoms with van der Waals surface area (Å²) >= 11 is 3.07. The lowest BCUT2D eigenvalue weighted by molar-refractivity contribution is -0.0684. The summed E-state index contributed by atoms with van der Waals surface area (Å²) in [5, 5.41) is 0. The summed E-state index contributed by atoms with van der Waals surface area (Å²) in [7, 11) is 0. The van der Waals surface area contributed by atoms with Crippen LogP contribution in [0.1, 0.15) is 0 Å². The van der Waals surface area contributed by atoms with Crippen LogP contribution >= 0.6 is 15.9 Å². The van der Waals surface area contributed by atoms with E-state index < -0.39 is 0 Å². The molecule has 0 aliphatic carbocycles. The van der Waals surface area contributed by atoms with Gasteiger partial charge in [-0.1, -0.05) is 0 Å². The molecule has 82 valence electrons. The molecule has 0 unspecified atom stereocenters. The smallest absolute Gasteiger partial charge is 0.191 e. The Kier molecular flexibility index (Phi) is 3.56. The maximum absolute atomic E-state index is 13.1. The number of hydrogen-bond acceptors (Lipinski definition) is 3. The van der Waals surface area contributed by atoms with Crippen LogP contribution in [0.5, 0.6) is 5.75 Å². The quantitative estimate of drug-likeness (QED) is 0.848. The highest BCUT2D eigenvalue weighted by Crippen LogP contribution is 2.21. The Hall–Kier alpha value is -0.650. The zero-order chi connectivity index (χ0) is 10.7. The molecule has 0 amide bonds. The highest BCUT2D eigenvalue weighted by Gasteiger charge is 2.16. The fourth-order valence-electron chi connectivity index (χ4n) is 1.23. The second-order valence-corrected chi connectivity index (χ2v) is 3.91. The van der Waals surface area contributed by atoms with Crippen molar-refractivity contribution < 1.29 is 18.6 Å². The number of benzene rings is 1. The molecular weight excluding hydrogens is 267 g/mol. The van der Waals surface area contributed by atoms with E-state index in [4.69, 9.17) is 14.2 Å². The fourth-order valence-corrected chi connectivity index (χ4v) is 1.48. The van der Waals surface area contributed by atoms with E-state index in [1.165, 1.54) is 6.07 Å². The van der Waals surface area contributed by atoms with Crippen LogP contribution in [-0.2, 0) is 9.47 Å². The van der Waals surface area contributed by atoms with Gasteiger partial charge in [0.15, 0.2) is 6.29 Å². The van der Waals surface area contributed by atoms with Crippen molar-refractivity contribution >= 4 is 15.9 Å². The monoisotopic (exact) mass is 276 g/mol. The lowest BCUT2D eigenvalue weighted by Gasteiger charge is -2.11. The van der Waals surface area contributed by atoms with Gasteiger partial charge in [0.1, 0.15) is 18.2 Å². The van der Waals surface area contributed by atoms with Crippen LogP contribution < -0.4 is 4.74 Å². The summed E-state index contributed by atoms with van der Waals surface area (Å²) in [6.07, 6.45) is -0.336. The van der Waals surface area contributed by atoms with Gasteiger partial charge in [-0.2, -0.15) is 0 Å². The summed E-state index contributed by atoms with van der Waals surface area (Å²) in [4.78, 5) is 0. The van der Waals surface area contributed by atoms with Gasteiger partial charge in [0.2, 0.25) is 0 Å². The van der Waals surface area contributed by atoms with E-state index in [0.717, 1.165) is 0 Å². The van der Waals surface area contributed by atoms with E-state index >= 15 is 0 Å². The molecule has 1 aromatic carbocycles. The first-order valence-electron chi connectivity index (χ1n) is 4.57. The minimum Gasteiger partial charge on any atom is -0.488 e. The molecule has 3 nitrogen and oxygen atoms in total. The largest absolute Gasteiger partial charge is 0.488 e. The van der Waals surface area contributed by atoms with Crippen molar-refractivity contribution in [3.05, 3.63) is 28.5 Å². The third kappa shape index (κ3) is 2.90. The van der Waals surface area contributed by atoms with E-state index in [1.54, 1.807) is 12.1 Å². The van der Waals surface area contributed by atoms with Gasteiger partial charge in [-0.15, -0.1) is 0 Å². The molecule has 1 aliphatic rings. The summed E-state index contributed by atoms with van der Waals surface area (Å²) in [5.74, 6) is 0.121. The van der Waals surface area contributed by atoms with Crippen LogP contribution in [0.3, 0.4) is 0 Å². The lowest BCUT2D eigenvalue weighted by Crippen LogP contribution is -2.18. The van der Waals surface area contributed by atoms with Crippen LogP contribution in [0.2, 0.25) is 0 Å². The van der Waals surface area contributed by atoms with Crippen molar-refractivity contribution in [3.8, 4) is 5.75 Å². The third-order valence-electron chi connectivity index (χ3n) is 1.97. The zero-order valence-corrected chi connectivity index (χ0v) is 9.50.